The van der Waals surface area contributed by atoms with E-state index in [1.807, 2.05) is 25.1 Å². The smallest absolute Gasteiger partial charge is 0.154 e. The molecule has 1 aromatic rings. The second kappa shape index (κ2) is 6.45. The van der Waals surface area contributed by atoms with Gasteiger partial charge in [0.2, 0.25) is 0 Å². The molecule has 0 saturated carbocycles. The molecule has 0 aromatic heterocycles. The summed E-state index contributed by atoms with van der Waals surface area (Å²) in [6.07, 6.45) is 1.26. The lowest BCUT2D eigenvalue weighted by Gasteiger charge is -2.33. The number of sulfone groups is 1. The van der Waals surface area contributed by atoms with Crippen LogP contribution < -0.4 is 10.1 Å². The van der Waals surface area contributed by atoms with Crippen molar-refractivity contribution in [2.75, 3.05) is 19.9 Å². The molecule has 1 atom stereocenters. The van der Waals surface area contributed by atoms with Gasteiger partial charge in [-0.15, -0.1) is 0 Å². The van der Waals surface area contributed by atoms with Crippen LogP contribution in [-0.2, 0) is 9.84 Å². The van der Waals surface area contributed by atoms with E-state index in [9.17, 15) is 8.42 Å². The van der Waals surface area contributed by atoms with E-state index in [0.29, 0.717) is 12.4 Å². The third-order valence-corrected chi connectivity index (χ3v) is 6.16. The van der Waals surface area contributed by atoms with Crippen LogP contribution >= 0.6 is 15.9 Å². The standard InChI is InChI=1S/C14H22BrNO3S/c1-6-19-12-8-7-10(15)9-11(12)13(16-4)14(2,3)20(5,17)18/h7-9,13,16H,6H2,1-5H3. The highest BCUT2D eigenvalue weighted by Crippen LogP contribution is 2.38. The SMILES string of the molecule is CCOc1ccc(Br)cc1C(NC)C(C)(C)S(C)(=O)=O. The molecule has 1 unspecified atom stereocenters. The second-order valence-electron chi connectivity index (χ2n) is 5.21. The highest BCUT2D eigenvalue weighted by Gasteiger charge is 2.40. The molecule has 4 nitrogen and oxygen atoms in total. The van der Waals surface area contributed by atoms with Crippen LogP contribution in [-0.4, -0.2) is 33.1 Å². The number of hydrogen-bond acceptors (Lipinski definition) is 4. The molecule has 0 radical (unpaired) electrons. The quantitative estimate of drug-likeness (QED) is 0.843. The normalized spacial score (nSPS) is 14.1. The van der Waals surface area contributed by atoms with Gasteiger partial charge in [-0.05, 0) is 46.0 Å². The van der Waals surface area contributed by atoms with Gasteiger partial charge < -0.3 is 10.1 Å². The molecule has 0 amide bonds. The fourth-order valence-electron chi connectivity index (χ4n) is 2.12. The van der Waals surface area contributed by atoms with Crippen molar-refractivity contribution in [1.29, 1.82) is 0 Å². The lowest BCUT2D eigenvalue weighted by molar-refractivity contribution is 0.327. The topological polar surface area (TPSA) is 55.4 Å². The van der Waals surface area contributed by atoms with Gasteiger partial charge in [-0.3, -0.25) is 0 Å². The van der Waals surface area contributed by atoms with E-state index in [1.165, 1.54) is 6.26 Å². The average molecular weight is 364 g/mol. The number of halogens is 1. The first kappa shape index (κ1) is 17.5. The van der Waals surface area contributed by atoms with E-state index in [0.717, 1.165) is 10.0 Å². The Morgan fingerprint density at radius 2 is 2.00 bits per heavy atom. The summed E-state index contributed by atoms with van der Waals surface area (Å²) in [5.41, 5.74) is 0.833. The maximum absolute atomic E-state index is 12.1. The Morgan fingerprint density at radius 3 is 2.45 bits per heavy atom. The molecule has 0 aliphatic carbocycles. The van der Waals surface area contributed by atoms with Crippen molar-refractivity contribution >= 4 is 25.8 Å². The Kier molecular flexibility index (Phi) is 5.63. The van der Waals surface area contributed by atoms with Gasteiger partial charge in [0, 0.05) is 16.3 Å². The van der Waals surface area contributed by atoms with Gasteiger partial charge in [0.25, 0.3) is 0 Å². The van der Waals surface area contributed by atoms with Crippen LogP contribution in [0.3, 0.4) is 0 Å². The zero-order valence-electron chi connectivity index (χ0n) is 12.5. The molecule has 1 N–H and O–H groups in total. The predicted molar refractivity (Wildman–Crippen MR) is 86.0 cm³/mol. The molecule has 20 heavy (non-hydrogen) atoms. The molecule has 6 heteroatoms. The Labute approximate surface area is 130 Å². The monoisotopic (exact) mass is 363 g/mol. The first-order valence-corrected chi connectivity index (χ1v) is 9.12. The van der Waals surface area contributed by atoms with Gasteiger partial charge >= 0.3 is 0 Å². The van der Waals surface area contributed by atoms with E-state index >= 15 is 0 Å². The van der Waals surface area contributed by atoms with E-state index in [-0.39, 0.29) is 6.04 Å². The highest BCUT2D eigenvalue weighted by atomic mass is 79.9. The third-order valence-electron chi connectivity index (χ3n) is 3.52. The van der Waals surface area contributed by atoms with Crippen LogP contribution in [0.5, 0.6) is 5.75 Å². The molecule has 1 aromatic carbocycles. The average Bonchev–Trinajstić information content (AvgIpc) is 2.32. The van der Waals surface area contributed by atoms with Gasteiger partial charge in [0.05, 0.1) is 17.4 Å². The molecule has 0 heterocycles. The number of nitrogens with one attached hydrogen (secondary N) is 1. The first-order valence-electron chi connectivity index (χ1n) is 6.44. The van der Waals surface area contributed by atoms with Crippen LogP contribution in [0, 0.1) is 0 Å². The Hall–Kier alpha value is -0.590. The Bertz CT molecular complexity index is 570. The minimum atomic E-state index is -3.24. The second-order valence-corrected chi connectivity index (χ2v) is 8.72. The summed E-state index contributed by atoms with van der Waals surface area (Å²) >= 11 is 3.43. The molecule has 1 rings (SSSR count). The highest BCUT2D eigenvalue weighted by molar-refractivity contribution is 9.10. The molecule has 0 bridgehead atoms. The fraction of sp³-hybridized carbons (Fsp3) is 0.571. The molecule has 0 saturated heterocycles. The van der Waals surface area contributed by atoms with Gasteiger partial charge in [-0.25, -0.2) is 8.42 Å². The lowest BCUT2D eigenvalue weighted by Crippen LogP contribution is -2.44. The maximum Gasteiger partial charge on any atom is 0.154 e. The van der Waals surface area contributed by atoms with Crippen molar-refractivity contribution in [2.45, 2.75) is 31.6 Å². The molecule has 0 aliphatic heterocycles. The van der Waals surface area contributed by atoms with Crippen LogP contribution in [0.25, 0.3) is 0 Å². The minimum absolute atomic E-state index is 0.364. The summed E-state index contributed by atoms with van der Waals surface area (Å²) in [4.78, 5) is 0. The fourth-order valence-corrected chi connectivity index (χ4v) is 3.18. The largest absolute Gasteiger partial charge is 0.494 e. The van der Waals surface area contributed by atoms with Gasteiger partial charge in [0.1, 0.15) is 5.75 Å². The van der Waals surface area contributed by atoms with Crippen molar-refractivity contribution in [1.82, 2.24) is 5.32 Å². The van der Waals surface area contributed by atoms with Crippen LogP contribution in [0.4, 0.5) is 0 Å². The van der Waals surface area contributed by atoms with Crippen molar-refractivity contribution in [2.24, 2.45) is 0 Å². The summed E-state index contributed by atoms with van der Waals surface area (Å²) in [6, 6.07) is 5.27. The molecule has 0 spiro atoms. The summed E-state index contributed by atoms with van der Waals surface area (Å²) in [6.45, 7) is 5.88. The van der Waals surface area contributed by atoms with Crippen molar-refractivity contribution in [3.63, 3.8) is 0 Å². The zero-order valence-corrected chi connectivity index (χ0v) is 14.9. The lowest BCUT2D eigenvalue weighted by atomic mass is 9.94. The summed E-state index contributed by atoms with van der Waals surface area (Å²) in [5.74, 6) is 0.701. The van der Waals surface area contributed by atoms with Crippen molar-refractivity contribution in [3.8, 4) is 5.75 Å². The molecular formula is C14H22BrNO3S. The Morgan fingerprint density at radius 1 is 1.40 bits per heavy atom. The van der Waals surface area contributed by atoms with E-state index in [1.54, 1.807) is 20.9 Å². The predicted octanol–water partition coefficient (Wildman–Crippen LogP) is 2.93. The van der Waals surface area contributed by atoms with Crippen LogP contribution in [0.2, 0.25) is 0 Å². The first-order chi connectivity index (χ1) is 9.15. The van der Waals surface area contributed by atoms with E-state index in [4.69, 9.17) is 4.74 Å². The summed E-state index contributed by atoms with van der Waals surface area (Å²) in [7, 11) is -1.48. The zero-order chi connectivity index (χ0) is 15.6. The number of hydrogen-bond donors (Lipinski definition) is 1. The number of ether oxygens (including phenoxy) is 1. The minimum Gasteiger partial charge on any atom is -0.494 e. The summed E-state index contributed by atoms with van der Waals surface area (Å²) in [5, 5.41) is 3.11. The van der Waals surface area contributed by atoms with E-state index < -0.39 is 14.6 Å². The maximum atomic E-state index is 12.1. The molecular weight excluding hydrogens is 342 g/mol. The van der Waals surface area contributed by atoms with Crippen molar-refractivity contribution in [3.05, 3.63) is 28.2 Å². The van der Waals surface area contributed by atoms with Gasteiger partial charge in [-0.1, -0.05) is 15.9 Å². The van der Waals surface area contributed by atoms with Gasteiger partial charge in [-0.2, -0.15) is 0 Å². The number of benzene rings is 1. The molecule has 0 fully saturated rings. The summed E-state index contributed by atoms with van der Waals surface area (Å²) < 4.78 is 29.7. The van der Waals surface area contributed by atoms with Crippen LogP contribution in [0.15, 0.2) is 22.7 Å². The third kappa shape index (κ3) is 3.54. The van der Waals surface area contributed by atoms with Gasteiger partial charge in [0.15, 0.2) is 9.84 Å². The number of rotatable bonds is 6. The Balaban J connectivity index is 3.42. The van der Waals surface area contributed by atoms with E-state index in [2.05, 4.69) is 21.2 Å². The molecule has 114 valence electrons. The van der Waals surface area contributed by atoms with Crippen LogP contribution in [0.1, 0.15) is 32.4 Å². The molecule has 0 aliphatic rings. The van der Waals surface area contributed by atoms with Crippen molar-refractivity contribution < 1.29 is 13.2 Å².